The molecule has 3 N–H and O–H groups in total. The van der Waals surface area contributed by atoms with Gasteiger partial charge in [0.2, 0.25) is 5.91 Å². The number of halogens is 1. The summed E-state index contributed by atoms with van der Waals surface area (Å²) < 4.78 is 11.0. The molecule has 1 unspecified atom stereocenters. The highest BCUT2D eigenvalue weighted by molar-refractivity contribution is 5.85. The smallest absolute Gasteiger partial charge is 0.237 e. The van der Waals surface area contributed by atoms with E-state index in [1.165, 1.54) is 5.56 Å². The summed E-state index contributed by atoms with van der Waals surface area (Å²) in [5, 5.41) is 2.95. The van der Waals surface area contributed by atoms with E-state index in [1.54, 1.807) is 0 Å². The van der Waals surface area contributed by atoms with Gasteiger partial charge in [-0.05, 0) is 48.8 Å². The average Bonchev–Trinajstić information content (AvgIpc) is 2.61. The molecule has 1 aromatic carbocycles. The number of carbonyl (C=O) groups is 1. The Kier molecular flexibility index (Phi) is 9.86. The van der Waals surface area contributed by atoms with Gasteiger partial charge in [0, 0.05) is 19.8 Å². The quantitative estimate of drug-likeness (QED) is 0.737. The number of rotatable bonds is 8. The lowest BCUT2D eigenvalue weighted by Gasteiger charge is -2.26. The second-order valence-electron chi connectivity index (χ2n) is 6.87. The number of hydrogen-bond acceptors (Lipinski definition) is 4. The van der Waals surface area contributed by atoms with E-state index < -0.39 is 6.04 Å². The molecule has 1 atom stereocenters. The first kappa shape index (κ1) is 21.7. The van der Waals surface area contributed by atoms with Gasteiger partial charge in [0.15, 0.2) is 0 Å². The van der Waals surface area contributed by atoms with Gasteiger partial charge >= 0.3 is 0 Å². The normalized spacial score (nSPS) is 16.2. The van der Waals surface area contributed by atoms with Crippen LogP contribution in [0.15, 0.2) is 24.3 Å². The summed E-state index contributed by atoms with van der Waals surface area (Å²) in [6.45, 7) is 6.99. The van der Waals surface area contributed by atoms with E-state index in [-0.39, 0.29) is 24.2 Å². The number of benzene rings is 1. The third kappa shape index (κ3) is 7.63. The van der Waals surface area contributed by atoms with Crippen molar-refractivity contribution in [3.05, 3.63) is 29.8 Å². The fourth-order valence-corrected chi connectivity index (χ4v) is 2.75. The van der Waals surface area contributed by atoms with Gasteiger partial charge in [-0.25, -0.2) is 0 Å². The van der Waals surface area contributed by atoms with E-state index in [9.17, 15) is 4.79 Å². The minimum atomic E-state index is -0.430. The monoisotopic (exact) mass is 370 g/mol. The summed E-state index contributed by atoms with van der Waals surface area (Å²) in [6, 6.07) is 7.61. The van der Waals surface area contributed by atoms with Crippen molar-refractivity contribution in [1.29, 1.82) is 0 Å². The maximum Gasteiger partial charge on any atom is 0.237 e. The Morgan fingerprint density at radius 3 is 2.52 bits per heavy atom. The van der Waals surface area contributed by atoms with Gasteiger partial charge in [-0.15, -0.1) is 12.4 Å². The van der Waals surface area contributed by atoms with E-state index in [0.29, 0.717) is 25.7 Å². The highest BCUT2D eigenvalue weighted by atomic mass is 35.5. The molecule has 1 fully saturated rings. The first-order valence-corrected chi connectivity index (χ1v) is 8.89. The number of nitrogens with one attached hydrogen (secondary N) is 1. The number of nitrogens with two attached hydrogens (primary N) is 1. The fourth-order valence-electron chi connectivity index (χ4n) is 2.75. The van der Waals surface area contributed by atoms with Gasteiger partial charge < -0.3 is 20.5 Å². The van der Waals surface area contributed by atoms with Crippen molar-refractivity contribution in [1.82, 2.24) is 5.32 Å². The molecular formula is C19H31ClN2O3. The lowest BCUT2D eigenvalue weighted by Crippen LogP contribution is -2.47. The Labute approximate surface area is 157 Å². The van der Waals surface area contributed by atoms with Crippen LogP contribution >= 0.6 is 12.4 Å². The molecule has 1 aromatic rings. The molecule has 5 nitrogen and oxygen atoms in total. The Morgan fingerprint density at radius 1 is 1.28 bits per heavy atom. The van der Waals surface area contributed by atoms with Gasteiger partial charge in [0.1, 0.15) is 5.75 Å². The van der Waals surface area contributed by atoms with Gasteiger partial charge in [-0.2, -0.15) is 0 Å². The van der Waals surface area contributed by atoms with Crippen LogP contribution in [0.5, 0.6) is 5.75 Å². The van der Waals surface area contributed by atoms with Crippen LogP contribution in [0, 0.1) is 11.8 Å². The molecule has 6 heteroatoms. The van der Waals surface area contributed by atoms with Crippen LogP contribution in [0.4, 0.5) is 0 Å². The SMILES string of the molecule is CC(C)COc1ccc(CCNC(=O)C(N)C2CCOCC2)cc1.Cl. The summed E-state index contributed by atoms with van der Waals surface area (Å²) in [5.74, 6) is 1.58. The van der Waals surface area contributed by atoms with Gasteiger partial charge in [0.25, 0.3) is 0 Å². The molecule has 1 aliphatic rings. The molecule has 0 spiro atoms. The standard InChI is InChI=1S/C19H30N2O3.ClH/c1-14(2)13-24-17-5-3-15(4-6-17)7-10-21-19(22)18(20)16-8-11-23-12-9-16;/h3-6,14,16,18H,7-13,20H2,1-2H3,(H,21,22);1H. The molecule has 0 saturated carbocycles. The zero-order valence-electron chi connectivity index (χ0n) is 15.2. The molecule has 0 radical (unpaired) electrons. The predicted molar refractivity (Wildman–Crippen MR) is 102 cm³/mol. The van der Waals surface area contributed by atoms with Crippen molar-refractivity contribution in [2.75, 3.05) is 26.4 Å². The van der Waals surface area contributed by atoms with E-state index in [4.69, 9.17) is 15.2 Å². The lowest BCUT2D eigenvalue weighted by atomic mass is 9.92. The van der Waals surface area contributed by atoms with E-state index >= 15 is 0 Å². The van der Waals surface area contributed by atoms with Crippen LogP contribution in [0.1, 0.15) is 32.3 Å². The summed E-state index contributed by atoms with van der Waals surface area (Å²) >= 11 is 0. The molecule has 1 saturated heterocycles. The largest absolute Gasteiger partial charge is 0.493 e. The zero-order chi connectivity index (χ0) is 17.4. The maximum absolute atomic E-state index is 12.1. The van der Waals surface area contributed by atoms with Gasteiger partial charge in [0.05, 0.1) is 12.6 Å². The Morgan fingerprint density at radius 2 is 1.92 bits per heavy atom. The average molecular weight is 371 g/mol. The van der Waals surface area contributed by atoms with Gasteiger partial charge in [-0.1, -0.05) is 26.0 Å². The number of carbonyl (C=O) groups excluding carboxylic acids is 1. The van der Waals surface area contributed by atoms with Crippen LogP contribution in [-0.4, -0.2) is 38.3 Å². The molecule has 25 heavy (non-hydrogen) atoms. The highest BCUT2D eigenvalue weighted by Crippen LogP contribution is 2.17. The van der Waals surface area contributed by atoms with E-state index in [2.05, 4.69) is 19.2 Å². The van der Waals surface area contributed by atoms with Crippen molar-refractivity contribution < 1.29 is 14.3 Å². The summed E-state index contributed by atoms with van der Waals surface area (Å²) in [5.41, 5.74) is 7.24. The third-order valence-electron chi connectivity index (χ3n) is 4.30. The molecule has 142 valence electrons. The number of hydrogen-bond donors (Lipinski definition) is 2. The van der Waals surface area contributed by atoms with Gasteiger partial charge in [-0.3, -0.25) is 4.79 Å². The van der Waals surface area contributed by atoms with Crippen LogP contribution in [0.2, 0.25) is 0 Å². The van der Waals surface area contributed by atoms with Crippen molar-refractivity contribution >= 4 is 18.3 Å². The zero-order valence-corrected chi connectivity index (χ0v) is 16.0. The Hall–Kier alpha value is -1.30. The van der Waals surface area contributed by atoms with E-state index in [1.807, 2.05) is 24.3 Å². The van der Waals surface area contributed by atoms with Crippen LogP contribution in [0.25, 0.3) is 0 Å². The molecule has 0 bridgehead atoms. The first-order valence-electron chi connectivity index (χ1n) is 8.89. The summed E-state index contributed by atoms with van der Waals surface area (Å²) in [7, 11) is 0. The first-order chi connectivity index (χ1) is 11.6. The lowest BCUT2D eigenvalue weighted by molar-refractivity contribution is -0.124. The van der Waals surface area contributed by atoms with Crippen LogP contribution < -0.4 is 15.8 Å². The maximum atomic E-state index is 12.1. The fraction of sp³-hybridized carbons (Fsp3) is 0.632. The minimum absolute atomic E-state index is 0. The molecule has 1 aliphatic heterocycles. The summed E-state index contributed by atoms with van der Waals surface area (Å²) in [4.78, 5) is 12.1. The molecule has 1 heterocycles. The van der Waals surface area contributed by atoms with Crippen molar-refractivity contribution in [2.24, 2.45) is 17.6 Å². The number of amides is 1. The van der Waals surface area contributed by atoms with E-state index in [0.717, 1.165) is 31.6 Å². The van der Waals surface area contributed by atoms with Crippen molar-refractivity contribution in [3.63, 3.8) is 0 Å². The molecular weight excluding hydrogens is 340 g/mol. The minimum Gasteiger partial charge on any atom is -0.493 e. The number of ether oxygens (including phenoxy) is 2. The summed E-state index contributed by atoms with van der Waals surface area (Å²) in [6.07, 6.45) is 2.52. The second kappa shape index (κ2) is 11.3. The van der Waals surface area contributed by atoms with Crippen LogP contribution in [-0.2, 0) is 16.0 Å². The molecule has 0 aliphatic carbocycles. The Balaban J connectivity index is 0.00000312. The molecule has 2 rings (SSSR count). The topological polar surface area (TPSA) is 73.6 Å². The highest BCUT2D eigenvalue weighted by Gasteiger charge is 2.26. The van der Waals surface area contributed by atoms with Crippen molar-refractivity contribution in [2.45, 2.75) is 39.2 Å². The second-order valence-corrected chi connectivity index (χ2v) is 6.87. The van der Waals surface area contributed by atoms with Crippen molar-refractivity contribution in [3.8, 4) is 5.75 Å². The molecule has 1 amide bonds. The van der Waals surface area contributed by atoms with Crippen LogP contribution in [0.3, 0.4) is 0 Å². The Bertz CT molecular complexity index is 502. The molecule has 0 aromatic heterocycles. The third-order valence-corrected chi connectivity index (χ3v) is 4.30. The predicted octanol–water partition coefficient (Wildman–Crippen LogP) is 2.56.